The van der Waals surface area contributed by atoms with Gasteiger partial charge in [-0.3, -0.25) is 15.1 Å². The van der Waals surface area contributed by atoms with Crippen molar-refractivity contribution in [3.05, 3.63) is 62.7 Å². The van der Waals surface area contributed by atoms with E-state index >= 15 is 0 Å². The first-order valence-electron chi connectivity index (χ1n) is 9.79. The summed E-state index contributed by atoms with van der Waals surface area (Å²) in [6.45, 7) is 13.6. The number of urea groups is 1. The number of nitrogens with one attached hydrogen (secondary N) is 3. The Bertz CT molecular complexity index is 1170. The number of hydrogen-bond acceptors (Lipinski definition) is 4. The lowest BCUT2D eigenvalue weighted by molar-refractivity contribution is 0.262. The highest BCUT2D eigenvalue weighted by atomic mass is 16.2. The molecular weight excluding hydrogens is 380 g/mol. The SMILES string of the molecule is Cc1ccc(NC(=O)Nc2cc(C(C)(C)C)nn2-c2nc(C)c(C)c(=O)[nH]2)cc1C. The van der Waals surface area contributed by atoms with E-state index < -0.39 is 6.03 Å². The summed E-state index contributed by atoms with van der Waals surface area (Å²) >= 11 is 0. The number of rotatable bonds is 3. The van der Waals surface area contributed by atoms with Crippen LogP contribution in [0.3, 0.4) is 0 Å². The van der Waals surface area contributed by atoms with E-state index in [-0.39, 0.29) is 16.9 Å². The van der Waals surface area contributed by atoms with E-state index in [9.17, 15) is 9.59 Å². The molecule has 2 amide bonds. The third-order valence-corrected chi connectivity index (χ3v) is 5.07. The molecule has 0 fully saturated rings. The van der Waals surface area contributed by atoms with E-state index in [4.69, 9.17) is 0 Å². The lowest BCUT2D eigenvalue weighted by atomic mass is 9.92. The molecule has 2 heterocycles. The van der Waals surface area contributed by atoms with Crippen molar-refractivity contribution < 1.29 is 4.79 Å². The summed E-state index contributed by atoms with van der Waals surface area (Å²) in [4.78, 5) is 32.1. The minimum atomic E-state index is -0.411. The van der Waals surface area contributed by atoms with Crippen molar-refractivity contribution in [2.75, 3.05) is 10.6 Å². The number of H-pyrrole nitrogens is 1. The summed E-state index contributed by atoms with van der Waals surface area (Å²) < 4.78 is 1.45. The van der Waals surface area contributed by atoms with Crippen LogP contribution in [0.15, 0.2) is 29.1 Å². The minimum Gasteiger partial charge on any atom is -0.308 e. The van der Waals surface area contributed by atoms with Gasteiger partial charge in [0.05, 0.1) is 5.69 Å². The van der Waals surface area contributed by atoms with E-state index in [1.165, 1.54) is 4.68 Å². The molecule has 3 N–H and O–H groups in total. The minimum absolute atomic E-state index is 0.240. The van der Waals surface area contributed by atoms with Gasteiger partial charge in [-0.25, -0.2) is 9.78 Å². The molecule has 0 bridgehead atoms. The lowest BCUT2D eigenvalue weighted by Gasteiger charge is -2.14. The van der Waals surface area contributed by atoms with E-state index in [0.29, 0.717) is 22.8 Å². The molecule has 1 aromatic carbocycles. The van der Waals surface area contributed by atoms with Gasteiger partial charge in [-0.15, -0.1) is 0 Å². The maximum absolute atomic E-state index is 12.7. The van der Waals surface area contributed by atoms with Crippen LogP contribution in [-0.2, 0) is 5.41 Å². The maximum Gasteiger partial charge on any atom is 0.324 e. The summed E-state index contributed by atoms with van der Waals surface area (Å²) in [5.41, 5.74) is 4.34. The number of benzene rings is 1. The van der Waals surface area contributed by atoms with Gasteiger partial charge in [0.25, 0.3) is 5.56 Å². The molecule has 0 saturated heterocycles. The van der Waals surface area contributed by atoms with Crippen LogP contribution in [0.4, 0.5) is 16.3 Å². The molecule has 158 valence electrons. The molecule has 0 aliphatic carbocycles. The van der Waals surface area contributed by atoms with Crippen LogP contribution < -0.4 is 16.2 Å². The molecule has 8 heteroatoms. The highest BCUT2D eigenvalue weighted by Gasteiger charge is 2.22. The topological polar surface area (TPSA) is 105 Å². The van der Waals surface area contributed by atoms with E-state index in [2.05, 4.69) is 25.7 Å². The Labute approximate surface area is 175 Å². The zero-order chi connectivity index (χ0) is 22.2. The molecule has 0 spiro atoms. The molecule has 2 aromatic heterocycles. The normalized spacial score (nSPS) is 11.4. The van der Waals surface area contributed by atoms with Gasteiger partial charge in [0.15, 0.2) is 0 Å². The Morgan fingerprint density at radius 2 is 1.73 bits per heavy atom. The number of nitrogens with zero attached hydrogens (tertiary/aromatic N) is 3. The molecule has 0 unspecified atom stereocenters. The van der Waals surface area contributed by atoms with Gasteiger partial charge in [-0.1, -0.05) is 26.8 Å². The van der Waals surface area contributed by atoms with Crippen molar-refractivity contribution in [3.63, 3.8) is 0 Å². The Balaban J connectivity index is 1.97. The third-order valence-electron chi connectivity index (χ3n) is 5.07. The number of aryl methyl sites for hydroxylation is 3. The van der Waals surface area contributed by atoms with E-state index in [1.54, 1.807) is 19.9 Å². The second-order valence-electron chi connectivity index (χ2n) is 8.55. The summed E-state index contributed by atoms with van der Waals surface area (Å²) in [6.07, 6.45) is 0. The zero-order valence-corrected chi connectivity index (χ0v) is 18.5. The van der Waals surface area contributed by atoms with Crippen LogP contribution in [0.5, 0.6) is 0 Å². The van der Waals surface area contributed by atoms with Gasteiger partial charge < -0.3 is 5.32 Å². The smallest absolute Gasteiger partial charge is 0.308 e. The Kier molecular flexibility index (Phi) is 5.52. The van der Waals surface area contributed by atoms with Crippen molar-refractivity contribution in [3.8, 4) is 5.95 Å². The molecule has 0 saturated carbocycles. The standard InChI is InChI=1S/C22H28N6O2/c1-12-8-9-16(10-13(12)2)24-21(30)25-18-11-17(22(5,6)7)27-28(18)20-23-15(4)14(3)19(29)26-20/h8-11H,1-7H3,(H,23,26,29)(H2,24,25,30). The maximum atomic E-state index is 12.7. The second-order valence-corrected chi connectivity index (χ2v) is 8.55. The first kappa shape index (κ1) is 21.3. The highest BCUT2D eigenvalue weighted by Crippen LogP contribution is 2.25. The average molecular weight is 409 g/mol. The first-order chi connectivity index (χ1) is 14.0. The second kappa shape index (κ2) is 7.78. The van der Waals surface area contributed by atoms with Gasteiger partial charge in [0.2, 0.25) is 5.95 Å². The van der Waals surface area contributed by atoms with Crippen LogP contribution in [0.25, 0.3) is 5.95 Å². The number of amides is 2. The molecule has 3 aromatic rings. The first-order valence-corrected chi connectivity index (χ1v) is 9.79. The number of carbonyl (C=O) groups excluding carboxylic acids is 1. The molecule has 0 aliphatic heterocycles. The van der Waals surface area contributed by atoms with Crippen LogP contribution >= 0.6 is 0 Å². The van der Waals surface area contributed by atoms with Crippen molar-refractivity contribution in [1.82, 2.24) is 19.7 Å². The van der Waals surface area contributed by atoms with Gasteiger partial charge in [0, 0.05) is 28.4 Å². The molecular formula is C22H28N6O2. The lowest BCUT2D eigenvalue weighted by Crippen LogP contribution is -2.23. The summed E-state index contributed by atoms with van der Waals surface area (Å²) in [6, 6.07) is 7.09. The summed E-state index contributed by atoms with van der Waals surface area (Å²) in [7, 11) is 0. The fourth-order valence-electron chi connectivity index (χ4n) is 2.83. The van der Waals surface area contributed by atoms with E-state index in [1.807, 2.05) is 52.8 Å². The quantitative estimate of drug-likeness (QED) is 0.606. The van der Waals surface area contributed by atoms with Crippen molar-refractivity contribution in [2.24, 2.45) is 0 Å². The van der Waals surface area contributed by atoms with Crippen molar-refractivity contribution in [2.45, 2.75) is 53.9 Å². The molecule has 0 aliphatic rings. The molecule has 0 radical (unpaired) electrons. The predicted octanol–water partition coefficient (Wildman–Crippen LogP) is 4.13. The number of aromatic amines is 1. The Morgan fingerprint density at radius 3 is 2.33 bits per heavy atom. The number of anilines is 2. The Morgan fingerprint density at radius 1 is 1.03 bits per heavy atom. The summed E-state index contributed by atoms with van der Waals surface area (Å²) in [5.74, 6) is 0.660. The molecule has 30 heavy (non-hydrogen) atoms. The van der Waals surface area contributed by atoms with Crippen LogP contribution in [-0.4, -0.2) is 25.8 Å². The fourth-order valence-corrected chi connectivity index (χ4v) is 2.83. The van der Waals surface area contributed by atoms with Crippen LogP contribution in [0.1, 0.15) is 48.8 Å². The average Bonchev–Trinajstić information content (AvgIpc) is 3.06. The van der Waals surface area contributed by atoms with Crippen molar-refractivity contribution >= 4 is 17.5 Å². The van der Waals surface area contributed by atoms with Gasteiger partial charge in [0.1, 0.15) is 5.82 Å². The number of carbonyl (C=O) groups is 1. The summed E-state index contributed by atoms with van der Waals surface area (Å²) in [5, 5.41) is 10.3. The monoisotopic (exact) mass is 408 g/mol. The molecule has 0 atom stereocenters. The predicted molar refractivity (Wildman–Crippen MR) is 119 cm³/mol. The third kappa shape index (κ3) is 4.42. The Hall–Kier alpha value is -3.42. The number of aromatic nitrogens is 4. The fraction of sp³-hybridized carbons (Fsp3) is 0.364. The van der Waals surface area contributed by atoms with Crippen LogP contribution in [0.2, 0.25) is 0 Å². The molecule has 8 nitrogen and oxygen atoms in total. The highest BCUT2D eigenvalue weighted by molar-refractivity contribution is 5.99. The largest absolute Gasteiger partial charge is 0.324 e. The van der Waals surface area contributed by atoms with Gasteiger partial charge >= 0.3 is 6.03 Å². The van der Waals surface area contributed by atoms with Crippen LogP contribution in [0, 0.1) is 27.7 Å². The molecule has 3 rings (SSSR count). The zero-order valence-electron chi connectivity index (χ0n) is 18.5. The van der Waals surface area contributed by atoms with Gasteiger partial charge in [-0.2, -0.15) is 9.78 Å². The van der Waals surface area contributed by atoms with Gasteiger partial charge in [-0.05, 0) is 51.0 Å². The van der Waals surface area contributed by atoms with E-state index in [0.717, 1.165) is 16.8 Å². The van der Waals surface area contributed by atoms with Crippen molar-refractivity contribution in [1.29, 1.82) is 0 Å². The number of hydrogen-bond donors (Lipinski definition) is 3.